The molecule has 0 saturated heterocycles. The van der Waals surface area contributed by atoms with E-state index in [1.807, 2.05) is 0 Å². The molecule has 1 saturated carbocycles. The Labute approximate surface area is 98.2 Å². The van der Waals surface area contributed by atoms with Crippen LogP contribution in [-0.2, 0) is 0 Å². The van der Waals surface area contributed by atoms with E-state index in [2.05, 4.69) is 10.3 Å². The molecular formula is C12H13FN4. The van der Waals surface area contributed by atoms with Crippen molar-refractivity contribution in [2.75, 3.05) is 5.73 Å². The minimum atomic E-state index is -0.290. The van der Waals surface area contributed by atoms with Gasteiger partial charge in [-0.2, -0.15) is 0 Å². The standard InChI is InChI=1S/C12H13FN4/c13-10-7-2-1-6-9(10)11-12(14)15-16-17(11)8-4-3-5-8/h1-2,6-8H,3-5,14H2. The Morgan fingerprint density at radius 1 is 1.29 bits per heavy atom. The summed E-state index contributed by atoms with van der Waals surface area (Å²) in [7, 11) is 0. The Kier molecular flexibility index (Phi) is 2.31. The largest absolute Gasteiger partial charge is 0.380 e. The fraction of sp³-hybridized carbons (Fsp3) is 0.333. The van der Waals surface area contributed by atoms with Gasteiger partial charge >= 0.3 is 0 Å². The molecule has 4 nitrogen and oxygen atoms in total. The lowest BCUT2D eigenvalue weighted by molar-refractivity contribution is 0.287. The Bertz CT molecular complexity index is 545. The summed E-state index contributed by atoms with van der Waals surface area (Å²) in [5.41, 5.74) is 6.88. The fourth-order valence-corrected chi connectivity index (χ4v) is 2.11. The lowest BCUT2D eigenvalue weighted by atomic mass is 9.93. The molecule has 1 heterocycles. The highest BCUT2D eigenvalue weighted by Gasteiger charge is 2.26. The van der Waals surface area contributed by atoms with Crippen molar-refractivity contribution in [1.29, 1.82) is 0 Å². The molecule has 0 atom stereocenters. The molecule has 1 aromatic carbocycles. The third-order valence-corrected chi connectivity index (χ3v) is 3.27. The van der Waals surface area contributed by atoms with Gasteiger partial charge in [-0.15, -0.1) is 5.10 Å². The van der Waals surface area contributed by atoms with Gasteiger partial charge in [0, 0.05) is 5.56 Å². The number of anilines is 1. The van der Waals surface area contributed by atoms with Crippen molar-refractivity contribution in [2.24, 2.45) is 0 Å². The van der Waals surface area contributed by atoms with E-state index in [-0.39, 0.29) is 5.82 Å². The Morgan fingerprint density at radius 3 is 2.71 bits per heavy atom. The summed E-state index contributed by atoms with van der Waals surface area (Å²) in [6.07, 6.45) is 3.30. The van der Waals surface area contributed by atoms with E-state index in [0.29, 0.717) is 23.1 Å². The van der Waals surface area contributed by atoms with E-state index in [1.165, 1.54) is 12.5 Å². The average molecular weight is 232 g/mol. The molecule has 0 unspecified atom stereocenters. The van der Waals surface area contributed by atoms with Gasteiger partial charge in [-0.1, -0.05) is 17.3 Å². The molecule has 1 fully saturated rings. The molecule has 3 rings (SSSR count). The summed E-state index contributed by atoms with van der Waals surface area (Å²) in [5.74, 6) is 0.00377. The molecule has 5 heteroatoms. The van der Waals surface area contributed by atoms with E-state index in [0.717, 1.165) is 12.8 Å². The van der Waals surface area contributed by atoms with Gasteiger partial charge in [0.2, 0.25) is 0 Å². The number of hydrogen-bond donors (Lipinski definition) is 1. The monoisotopic (exact) mass is 232 g/mol. The summed E-state index contributed by atoms with van der Waals surface area (Å²) in [5, 5.41) is 7.89. The zero-order valence-electron chi connectivity index (χ0n) is 9.31. The van der Waals surface area contributed by atoms with Crippen LogP contribution in [0.5, 0.6) is 0 Å². The van der Waals surface area contributed by atoms with Gasteiger partial charge in [0.15, 0.2) is 5.82 Å². The van der Waals surface area contributed by atoms with Crippen LogP contribution in [-0.4, -0.2) is 15.0 Å². The first kappa shape index (κ1) is 10.3. The van der Waals surface area contributed by atoms with Gasteiger partial charge in [0.1, 0.15) is 11.5 Å². The summed E-state index contributed by atoms with van der Waals surface area (Å²) in [4.78, 5) is 0. The molecule has 88 valence electrons. The van der Waals surface area contributed by atoms with Crippen molar-refractivity contribution in [3.05, 3.63) is 30.1 Å². The SMILES string of the molecule is Nc1nnn(C2CCC2)c1-c1ccccc1F. The number of hydrogen-bond acceptors (Lipinski definition) is 3. The Morgan fingerprint density at radius 2 is 2.06 bits per heavy atom. The number of nitrogens with two attached hydrogens (primary N) is 1. The zero-order valence-corrected chi connectivity index (χ0v) is 9.31. The normalized spacial score (nSPS) is 15.8. The number of benzene rings is 1. The maximum absolute atomic E-state index is 13.8. The summed E-state index contributed by atoms with van der Waals surface area (Å²) >= 11 is 0. The highest BCUT2D eigenvalue weighted by molar-refractivity contribution is 5.70. The number of aromatic nitrogens is 3. The first-order valence-electron chi connectivity index (χ1n) is 5.73. The predicted octanol–water partition coefficient (Wildman–Crippen LogP) is 2.39. The molecule has 1 aliphatic rings. The average Bonchev–Trinajstić information content (AvgIpc) is 2.59. The van der Waals surface area contributed by atoms with E-state index < -0.39 is 0 Å². The fourth-order valence-electron chi connectivity index (χ4n) is 2.11. The molecule has 2 N–H and O–H groups in total. The molecule has 0 aliphatic heterocycles. The van der Waals surface area contributed by atoms with Crippen LogP contribution in [0.2, 0.25) is 0 Å². The van der Waals surface area contributed by atoms with E-state index in [1.54, 1.807) is 22.9 Å². The van der Waals surface area contributed by atoms with Crippen molar-refractivity contribution >= 4 is 5.82 Å². The summed E-state index contributed by atoms with van der Waals surface area (Å²) in [6.45, 7) is 0. The van der Waals surface area contributed by atoms with Crippen LogP contribution >= 0.6 is 0 Å². The second-order valence-electron chi connectivity index (χ2n) is 4.33. The highest BCUT2D eigenvalue weighted by Crippen LogP contribution is 2.36. The van der Waals surface area contributed by atoms with Crippen molar-refractivity contribution in [1.82, 2.24) is 15.0 Å². The Hall–Kier alpha value is -1.91. The van der Waals surface area contributed by atoms with Gasteiger partial charge in [-0.05, 0) is 31.4 Å². The first-order chi connectivity index (χ1) is 8.27. The van der Waals surface area contributed by atoms with E-state index in [4.69, 9.17) is 5.73 Å². The van der Waals surface area contributed by atoms with Gasteiger partial charge in [0.25, 0.3) is 0 Å². The maximum atomic E-state index is 13.8. The molecule has 1 aliphatic carbocycles. The summed E-state index contributed by atoms with van der Waals surface area (Å²) in [6, 6.07) is 6.89. The van der Waals surface area contributed by atoms with Crippen molar-refractivity contribution in [3.63, 3.8) is 0 Å². The lowest BCUT2D eigenvalue weighted by Gasteiger charge is -2.26. The summed E-state index contributed by atoms with van der Waals surface area (Å²) < 4.78 is 15.5. The van der Waals surface area contributed by atoms with Gasteiger partial charge in [-0.25, -0.2) is 9.07 Å². The van der Waals surface area contributed by atoms with Crippen LogP contribution in [0, 0.1) is 5.82 Å². The minimum Gasteiger partial charge on any atom is -0.380 e. The van der Waals surface area contributed by atoms with E-state index in [9.17, 15) is 4.39 Å². The third kappa shape index (κ3) is 1.58. The third-order valence-electron chi connectivity index (χ3n) is 3.27. The molecule has 0 bridgehead atoms. The molecular weight excluding hydrogens is 219 g/mol. The lowest BCUT2D eigenvalue weighted by Crippen LogP contribution is -2.19. The second-order valence-corrected chi connectivity index (χ2v) is 4.33. The maximum Gasteiger partial charge on any atom is 0.174 e. The van der Waals surface area contributed by atoms with Crippen LogP contribution in [0.15, 0.2) is 24.3 Å². The molecule has 0 amide bonds. The Balaban J connectivity index is 2.13. The van der Waals surface area contributed by atoms with Gasteiger partial charge in [-0.3, -0.25) is 0 Å². The van der Waals surface area contributed by atoms with Crippen molar-refractivity contribution in [3.8, 4) is 11.3 Å². The number of halogens is 1. The van der Waals surface area contributed by atoms with Gasteiger partial charge < -0.3 is 5.73 Å². The number of nitrogen functional groups attached to an aromatic ring is 1. The molecule has 0 radical (unpaired) electrons. The topological polar surface area (TPSA) is 56.7 Å². The van der Waals surface area contributed by atoms with Crippen LogP contribution in [0.3, 0.4) is 0 Å². The second kappa shape index (κ2) is 3.84. The van der Waals surface area contributed by atoms with Crippen LogP contribution < -0.4 is 5.73 Å². The van der Waals surface area contributed by atoms with Crippen molar-refractivity contribution in [2.45, 2.75) is 25.3 Å². The zero-order chi connectivity index (χ0) is 11.8. The van der Waals surface area contributed by atoms with Gasteiger partial charge in [0.05, 0.1) is 6.04 Å². The quantitative estimate of drug-likeness (QED) is 0.864. The molecule has 2 aromatic rings. The number of rotatable bonds is 2. The predicted molar refractivity (Wildman–Crippen MR) is 62.7 cm³/mol. The molecule has 17 heavy (non-hydrogen) atoms. The minimum absolute atomic E-state index is 0.290. The molecule has 0 spiro atoms. The highest BCUT2D eigenvalue weighted by atomic mass is 19.1. The van der Waals surface area contributed by atoms with Crippen LogP contribution in [0.4, 0.5) is 10.2 Å². The van der Waals surface area contributed by atoms with Crippen molar-refractivity contribution < 1.29 is 4.39 Å². The van der Waals surface area contributed by atoms with E-state index >= 15 is 0 Å². The molecule has 1 aromatic heterocycles. The number of nitrogens with zero attached hydrogens (tertiary/aromatic N) is 3. The van der Waals surface area contributed by atoms with Crippen LogP contribution in [0.1, 0.15) is 25.3 Å². The smallest absolute Gasteiger partial charge is 0.174 e. The van der Waals surface area contributed by atoms with Crippen LogP contribution in [0.25, 0.3) is 11.3 Å². The first-order valence-corrected chi connectivity index (χ1v) is 5.73.